The van der Waals surface area contributed by atoms with E-state index in [4.69, 9.17) is 4.74 Å². The minimum Gasteiger partial charge on any atom is -0.444 e. The van der Waals surface area contributed by atoms with Gasteiger partial charge in [-0.25, -0.2) is 4.79 Å². The molecule has 0 radical (unpaired) electrons. The number of para-hydroxylation sites is 1. The fourth-order valence-corrected chi connectivity index (χ4v) is 2.02. The quantitative estimate of drug-likeness (QED) is 0.845. The zero-order chi connectivity index (χ0) is 13.2. The molecular formula is C14H20N2O2. The SMILES string of the molecule is CC(C)(C)OC(=O)NCC1Cc2ccccc2N1. The molecule has 1 aromatic carbocycles. The predicted octanol–water partition coefficient (Wildman–Crippen LogP) is 2.55. The van der Waals surface area contributed by atoms with Crippen molar-refractivity contribution in [2.24, 2.45) is 0 Å². The molecule has 4 nitrogen and oxygen atoms in total. The number of carbonyl (C=O) groups is 1. The Labute approximate surface area is 108 Å². The van der Waals surface area contributed by atoms with Crippen LogP contribution in [0.4, 0.5) is 10.5 Å². The van der Waals surface area contributed by atoms with Crippen LogP contribution in [0.3, 0.4) is 0 Å². The molecule has 1 aliphatic heterocycles. The van der Waals surface area contributed by atoms with E-state index in [0.29, 0.717) is 6.54 Å². The van der Waals surface area contributed by atoms with Gasteiger partial charge in [0.1, 0.15) is 5.60 Å². The normalized spacial score (nSPS) is 17.8. The fourth-order valence-electron chi connectivity index (χ4n) is 2.02. The van der Waals surface area contributed by atoms with E-state index in [1.54, 1.807) is 0 Å². The van der Waals surface area contributed by atoms with Crippen molar-refractivity contribution in [3.8, 4) is 0 Å². The Kier molecular flexibility index (Phi) is 3.45. The van der Waals surface area contributed by atoms with Gasteiger partial charge in [-0.1, -0.05) is 18.2 Å². The topological polar surface area (TPSA) is 50.4 Å². The third-order valence-corrected chi connectivity index (χ3v) is 2.73. The summed E-state index contributed by atoms with van der Waals surface area (Å²) in [6.07, 6.45) is 0.576. The van der Waals surface area contributed by atoms with Crippen LogP contribution >= 0.6 is 0 Å². The summed E-state index contributed by atoms with van der Waals surface area (Å²) in [5, 5.41) is 6.17. The van der Waals surface area contributed by atoms with Gasteiger partial charge < -0.3 is 15.4 Å². The third-order valence-electron chi connectivity index (χ3n) is 2.73. The summed E-state index contributed by atoms with van der Waals surface area (Å²) in [6, 6.07) is 8.45. The minimum atomic E-state index is -0.448. The zero-order valence-electron chi connectivity index (χ0n) is 11.1. The number of fused-ring (bicyclic) bond motifs is 1. The van der Waals surface area contributed by atoms with E-state index in [1.165, 1.54) is 5.56 Å². The summed E-state index contributed by atoms with van der Waals surface area (Å²) in [7, 11) is 0. The van der Waals surface area contributed by atoms with Gasteiger partial charge in [0.15, 0.2) is 0 Å². The second-order valence-corrected chi connectivity index (χ2v) is 5.59. The summed E-state index contributed by atoms with van der Waals surface area (Å²) < 4.78 is 5.20. The van der Waals surface area contributed by atoms with Crippen LogP contribution in [0, 0.1) is 0 Å². The van der Waals surface area contributed by atoms with Crippen LogP contribution in [0.15, 0.2) is 24.3 Å². The number of alkyl carbamates (subject to hydrolysis) is 1. The second-order valence-electron chi connectivity index (χ2n) is 5.59. The lowest BCUT2D eigenvalue weighted by atomic mass is 10.1. The molecular weight excluding hydrogens is 228 g/mol. The maximum atomic E-state index is 11.5. The summed E-state index contributed by atoms with van der Waals surface area (Å²) in [4.78, 5) is 11.5. The van der Waals surface area contributed by atoms with Gasteiger partial charge in [0, 0.05) is 18.3 Å². The number of amides is 1. The highest BCUT2D eigenvalue weighted by Crippen LogP contribution is 2.24. The van der Waals surface area contributed by atoms with Crippen molar-refractivity contribution in [2.45, 2.75) is 38.8 Å². The van der Waals surface area contributed by atoms with Gasteiger partial charge in [0.2, 0.25) is 0 Å². The molecule has 0 aliphatic carbocycles. The van der Waals surface area contributed by atoms with Crippen LogP contribution in [-0.2, 0) is 11.2 Å². The van der Waals surface area contributed by atoms with E-state index in [-0.39, 0.29) is 12.1 Å². The Morgan fingerprint density at radius 1 is 1.44 bits per heavy atom. The van der Waals surface area contributed by atoms with Crippen LogP contribution in [0.2, 0.25) is 0 Å². The molecule has 1 aromatic rings. The minimum absolute atomic E-state index is 0.245. The molecule has 18 heavy (non-hydrogen) atoms. The van der Waals surface area contributed by atoms with Gasteiger partial charge in [-0.2, -0.15) is 0 Å². The van der Waals surface area contributed by atoms with Crippen molar-refractivity contribution in [3.05, 3.63) is 29.8 Å². The smallest absolute Gasteiger partial charge is 0.407 e. The molecule has 0 bridgehead atoms. The largest absolute Gasteiger partial charge is 0.444 e. The van der Waals surface area contributed by atoms with Gasteiger partial charge in [0.05, 0.1) is 0 Å². The molecule has 4 heteroatoms. The molecule has 1 heterocycles. The van der Waals surface area contributed by atoms with Crippen molar-refractivity contribution in [2.75, 3.05) is 11.9 Å². The standard InChI is InChI=1S/C14H20N2O2/c1-14(2,3)18-13(17)15-9-11-8-10-6-4-5-7-12(10)16-11/h4-7,11,16H,8-9H2,1-3H3,(H,15,17). The molecule has 98 valence electrons. The number of ether oxygens (including phenoxy) is 1. The van der Waals surface area contributed by atoms with E-state index in [9.17, 15) is 4.79 Å². The third kappa shape index (κ3) is 3.39. The van der Waals surface area contributed by atoms with Crippen LogP contribution in [0.25, 0.3) is 0 Å². The second kappa shape index (κ2) is 4.88. The Morgan fingerprint density at radius 2 is 2.17 bits per heavy atom. The molecule has 0 aromatic heterocycles. The summed E-state index contributed by atoms with van der Waals surface area (Å²) in [5.41, 5.74) is 2.01. The van der Waals surface area contributed by atoms with E-state index < -0.39 is 5.60 Å². The number of benzene rings is 1. The van der Waals surface area contributed by atoms with Gasteiger partial charge in [-0.05, 0) is 38.8 Å². The summed E-state index contributed by atoms with van der Waals surface area (Å²) in [5.74, 6) is 0. The lowest BCUT2D eigenvalue weighted by Gasteiger charge is -2.20. The Morgan fingerprint density at radius 3 is 2.83 bits per heavy atom. The lowest BCUT2D eigenvalue weighted by Crippen LogP contribution is -2.38. The number of hydrogen-bond acceptors (Lipinski definition) is 3. The van der Waals surface area contributed by atoms with Crippen LogP contribution in [-0.4, -0.2) is 24.3 Å². The molecule has 0 saturated carbocycles. The molecule has 2 N–H and O–H groups in total. The van der Waals surface area contributed by atoms with Gasteiger partial charge >= 0.3 is 6.09 Å². The molecule has 2 rings (SSSR count). The molecule has 0 fully saturated rings. The Hall–Kier alpha value is -1.71. The Bertz CT molecular complexity index is 413. The molecule has 1 atom stereocenters. The zero-order valence-corrected chi connectivity index (χ0v) is 11.1. The number of hydrogen-bond donors (Lipinski definition) is 2. The molecule has 1 unspecified atom stereocenters. The van der Waals surface area contributed by atoms with Gasteiger partial charge in [-0.3, -0.25) is 0 Å². The predicted molar refractivity (Wildman–Crippen MR) is 71.8 cm³/mol. The van der Waals surface area contributed by atoms with Crippen LogP contribution in [0.1, 0.15) is 26.3 Å². The number of anilines is 1. The average molecular weight is 248 g/mol. The van der Waals surface area contributed by atoms with Crippen molar-refractivity contribution >= 4 is 11.8 Å². The van der Waals surface area contributed by atoms with Crippen LogP contribution < -0.4 is 10.6 Å². The lowest BCUT2D eigenvalue weighted by molar-refractivity contribution is 0.0526. The average Bonchev–Trinajstić information content (AvgIpc) is 2.66. The molecule has 1 aliphatic rings. The van der Waals surface area contributed by atoms with E-state index in [0.717, 1.165) is 12.1 Å². The molecule has 1 amide bonds. The summed E-state index contributed by atoms with van der Waals surface area (Å²) >= 11 is 0. The van der Waals surface area contributed by atoms with Gasteiger partial charge in [0.25, 0.3) is 0 Å². The first-order valence-corrected chi connectivity index (χ1v) is 6.25. The van der Waals surface area contributed by atoms with Crippen LogP contribution in [0.5, 0.6) is 0 Å². The van der Waals surface area contributed by atoms with E-state index in [1.807, 2.05) is 32.9 Å². The van der Waals surface area contributed by atoms with Crippen molar-refractivity contribution in [1.29, 1.82) is 0 Å². The van der Waals surface area contributed by atoms with Crippen molar-refractivity contribution < 1.29 is 9.53 Å². The molecule has 0 spiro atoms. The maximum absolute atomic E-state index is 11.5. The molecule has 0 saturated heterocycles. The van der Waals surface area contributed by atoms with Crippen molar-refractivity contribution in [1.82, 2.24) is 5.32 Å². The number of rotatable bonds is 2. The van der Waals surface area contributed by atoms with Crippen molar-refractivity contribution in [3.63, 3.8) is 0 Å². The Balaban J connectivity index is 1.79. The first kappa shape index (κ1) is 12.7. The highest BCUT2D eigenvalue weighted by molar-refractivity contribution is 5.68. The fraction of sp³-hybridized carbons (Fsp3) is 0.500. The first-order chi connectivity index (χ1) is 8.44. The first-order valence-electron chi connectivity index (χ1n) is 6.25. The highest BCUT2D eigenvalue weighted by atomic mass is 16.6. The monoisotopic (exact) mass is 248 g/mol. The summed E-state index contributed by atoms with van der Waals surface area (Å²) in [6.45, 7) is 6.15. The maximum Gasteiger partial charge on any atom is 0.407 e. The highest BCUT2D eigenvalue weighted by Gasteiger charge is 2.21. The number of nitrogens with one attached hydrogen (secondary N) is 2. The van der Waals surface area contributed by atoms with E-state index >= 15 is 0 Å². The van der Waals surface area contributed by atoms with E-state index in [2.05, 4.69) is 22.8 Å². The number of carbonyl (C=O) groups excluding carboxylic acids is 1. The van der Waals surface area contributed by atoms with Gasteiger partial charge in [-0.15, -0.1) is 0 Å².